The summed E-state index contributed by atoms with van der Waals surface area (Å²) >= 11 is 0. The van der Waals surface area contributed by atoms with Gasteiger partial charge in [0.2, 0.25) is 5.88 Å². The first kappa shape index (κ1) is 24.5. The molecule has 1 amide bonds. The number of amides is 1. The Morgan fingerprint density at radius 1 is 0.921 bits per heavy atom. The van der Waals surface area contributed by atoms with E-state index in [4.69, 9.17) is 14.2 Å². The maximum Gasteiger partial charge on any atom is 0.273 e. The van der Waals surface area contributed by atoms with Gasteiger partial charge in [0.1, 0.15) is 40.9 Å². The summed E-state index contributed by atoms with van der Waals surface area (Å²) in [6, 6.07) is 15.8. The molecule has 11 heteroatoms. The highest BCUT2D eigenvalue weighted by atomic mass is 16.5. The Balaban J connectivity index is 1.29. The molecule has 0 atom stereocenters. The number of imidazole rings is 1. The van der Waals surface area contributed by atoms with Crippen LogP contribution in [0.5, 0.6) is 23.1 Å². The number of nitrogens with zero attached hydrogens (tertiary/aromatic N) is 6. The molecule has 0 aliphatic carbocycles. The van der Waals surface area contributed by atoms with Crippen molar-refractivity contribution in [3.8, 4) is 40.2 Å². The molecular weight excluding hydrogens is 486 g/mol. The second kappa shape index (κ2) is 10.4. The van der Waals surface area contributed by atoms with Crippen LogP contribution in [0.3, 0.4) is 0 Å². The molecule has 5 aromatic rings. The van der Waals surface area contributed by atoms with Crippen LogP contribution in [0.15, 0.2) is 73.3 Å². The average molecular weight is 512 g/mol. The van der Waals surface area contributed by atoms with Crippen LogP contribution < -0.4 is 19.5 Å². The van der Waals surface area contributed by atoms with E-state index in [2.05, 4.69) is 25.4 Å². The Hall–Kier alpha value is -5.19. The summed E-state index contributed by atoms with van der Waals surface area (Å²) in [6.07, 6.45) is 4.95. The van der Waals surface area contributed by atoms with E-state index in [0.29, 0.717) is 46.0 Å². The van der Waals surface area contributed by atoms with Crippen molar-refractivity contribution in [3.05, 3.63) is 84.8 Å². The molecule has 1 N–H and O–H groups in total. The average Bonchev–Trinajstić information content (AvgIpc) is 3.54. The Kier molecular flexibility index (Phi) is 6.72. The van der Waals surface area contributed by atoms with Crippen molar-refractivity contribution in [1.29, 1.82) is 0 Å². The van der Waals surface area contributed by atoms with Gasteiger partial charge in [-0.15, -0.1) is 0 Å². The Morgan fingerprint density at radius 2 is 1.71 bits per heavy atom. The molecule has 192 valence electrons. The van der Waals surface area contributed by atoms with Crippen LogP contribution in [0.2, 0.25) is 0 Å². The number of hydrogen-bond donors (Lipinski definition) is 1. The zero-order valence-corrected chi connectivity index (χ0v) is 21.2. The molecule has 0 fully saturated rings. The molecule has 0 aliphatic heterocycles. The summed E-state index contributed by atoms with van der Waals surface area (Å²) < 4.78 is 20.0. The number of hydrogen-bond acceptors (Lipinski definition) is 8. The number of carbonyl (C=O) groups is 1. The maximum atomic E-state index is 13.0. The van der Waals surface area contributed by atoms with Gasteiger partial charge in [-0.1, -0.05) is 0 Å². The quantitative estimate of drug-likeness (QED) is 0.325. The highest BCUT2D eigenvalue weighted by Gasteiger charge is 2.18. The van der Waals surface area contributed by atoms with Crippen molar-refractivity contribution in [3.63, 3.8) is 0 Å². The normalized spacial score (nSPS) is 10.7. The smallest absolute Gasteiger partial charge is 0.273 e. The summed E-state index contributed by atoms with van der Waals surface area (Å²) in [7, 11) is 4.88. The predicted molar refractivity (Wildman–Crippen MR) is 140 cm³/mol. The summed E-state index contributed by atoms with van der Waals surface area (Å²) in [5.74, 6) is 3.38. The topological polar surface area (TPSA) is 118 Å². The minimum atomic E-state index is -0.307. The molecule has 0 saturated heterocycles. The van der Waals surface area contributed by atoms with Crippen LogP contribution >= 0.6 is 0 Å². The molecule has 0 radical (unpaired) electrons. The van der Waals surface area contributed by atoms with Crippen molar-refractivity contribution in [2.24, 2.45) is 7.05 Å². The van der Waals surface area contributed by atoms with Gasteiger partial charge in [-0.05, 0) is 55.5 Å². The predicted octanol–water partition coefficient (Wildman–Crippen LogP) is 4.43. The molecule has 2 aromatic carbocycles. The fourth-order valence-corrected chi connectivity index (χ4v) is 3.89. The van der Waals surface area contributed by atoms with Crippen molar-refractivity contribution >= 4 is 11.6 Å². The first-order chi connectivity index (χ1) is 18.4. The van der Waals surface area contributed by atoms with Gasteiger partial charge in [-0.25, -0.2) is 15.0 Å². The fourth-order valence-electron chi connectivity index (χ4n) is 3.89. The van der Waals surface area contributed by atoms with Gasteiger partial charge < -0.3 is 19.5 Å². The van der Waals surface area contributed by atoms with Crippen LogP contribution in [0.4, 0.5) is 5.69 Å². The van der Waals surface area contributed by atoms with E-state index in [1.165, 1.54) is 11.0 Å². The Morgan fingerprint density at radius 3 is 2.42 bits per heavy atom. The first-order valence-corrected chi connectivity index (χ1v) is 11.6. The molecule has 5 rings (SSSR count). The molecule has 0 unspecified atom stereocenters. The van der Waals surface area contributed by atoms with Crippen molar-refractivity contribution in [1.82, 2.24) is 29.3 Å². The van der Waals surface area contributed by atoms with Gasteiger partial charge in [-0.2, -0.15) is 5.10 Å². The lowest BCUT2D eigenvalue weighted by Gasteiger charge is -2.09. The van der Waals surface area contributed by atoms with E-state index in [-0.39, 0.29) is 5.91 Å². The van der Waals surface area contributed by atoms with Gasteiger partial charge in [-0.3, -0.25) is 14.0 Å². The van der Waals surface area contributed by atoms with Crippen LogP contribution in [0, 0.1) is 6.92 Å². The molecule has 0 saturated carbocycles. The van der Waals surface area contributed by atoms with Crippen molar-refractivity contribution < 1.29 is 19.0 Å². The minimum absolute atomic E-state index is 0.307. The standard InChI is InChI=1S/C27H25N7O4/c1-17-28-11-12-34(17)25-15-26(30-16-29-25)38-19-7-5-18(6-8-19)31-27(35)23-14-22(32-33(23)2)21-13-20(36-3)9-10-24(21)37-4/h5-16H,1-4H3,(H,31,35). The maximum absolute atomic E-state index is 13.0. The number of rotatable bonds is 8. The molecule has 0 bridgehead atoms. The van der Waals surface area contributed by atoms with Gasteiger partial charge >= 0.3 is 0 Å². The van der Waals surface area contributed by atoms with Crippen LogP contribution in [-0.4, -0.2) is 49.4 Å². The monoisotopic (exact) mass is 511 g/mol. The molecule has 38 heavy (non-hydrogen) atoms. The summed E-state index contributed by atoms with van der Waals surface area (Å²) in [6.45, 7) is 1.89. The SMILES string of the molecule is COc1ccc(OC)c(-c2cc(C(=O)Nc3ccc(Oc4cc(-n5ccnc5C)ncn4)cc3)n(C)n2)c1. The lowest BCUT2D eigenvalue weighted by molar-refractivity contribution is 0.101. The fraction of sp³-hybridized carbons (Fsp3) is 0.148. The number of methoxy groups -OCH3 is 2. The Bertz CT molecular complexity index is 1590. The third kappa shape index (κ3) is 5.03. The van der Waals surface area contributed by atoms with Gasteiger partial charge in [0.15, 0.2) is 0 Å². The highest BCUT2D eigenvalue weighted by molar-refractivity contribution is 6.03. The summed E-state index contributed by atoms with van der Waals surface area (Å²) in [5, 5.41) is 7.39. The van der Waals surface area contributed by atoms with E-state index in [1.807, 2.05) is 23.8 Å². The van der Waals surface area contributed by atoms with E-state index in [1.54, 1.807) is 76.0 Å². The van der Waals surface area contributed by atoms with Crippen LogP contribution in [0.25, 0.3) is 17.1 Å². The number of ether oxygens (including phenoxy) is 3. The zero-order valence-electron chi connectivity index (χ0n) is 21.2. The number of aryl methyl sites for hydroxylation is 2. The minimum Gasteiger partial charge on any atom is -0.497 e. The third-order valence-corrected chi connectivity index (χ3v) is 5.83. The number of benzene rings is 2. The van der Waals surface area contributed by atoms with E-state index in [9.17, 15) is 4.79 Å². The number of anilines is 1. The van der Waals surface area contributed by atoms with Crippen molar-refractivity contribution in [2.45, 2.75) is 6.92 Å². The molecule has 0 aliphatic rings. The van der Waals surface area contributed by atoms with Gasteiger partial charge in [0, 0.05) is 36.8 Å². The van der Waals surface area contributed by atoms with Crippen molar-refractivity contribution in [2.75, 3.05) is 19.5 Å². The van der Waals surface area contributed by atoms with Gasteiger partial charge in [0.25, 0.3) is 5.91 Å². The lowest BCUT2D eigenvalue weighted by atomic mass is 10.1. The van der Waals surface area contributed by atoms with E-state index in [0.717, 1.165) is 11.4 Å². The number of aromatic nitrogens is 6. The highest BCUT2D eigenvalue weighted by Crippen LogP contribution is 2.33. The van der Waals surface area contributed by atoms with Crippen LogP contribution in [-0.2, 0) is 7.05 Å². The second-order valence-electron chi connectivity index (χ2n) is 8.24. The molecule has 0 spiro atoms. The van der Waals surface area contributed by atoms with Gasteiger partial charge in [0.05, 0.1) is 19.9 Å². The zero-order chi connectivity index (χ0) is 26.6. The summed E-state index contributed by atoms with van der Waals surface area (Å²) in [4.78, 5) is 25.7. The lowest BCUT2D eigenvalue weighted by Crippen LogP contribution is -2.15. The summed E-state index contributed by atoms with van der Waals surface area (Å²) in [5.41, 5.74) is 2.29. The number of carbonyl (C=O) groups excluding carboxylic acids is 1. The molecular formula is C27H25N7O4. The third-order valence-electron chi connectivity index (χ3n) is 5.83. The van der Waals surface area contributed by atoms with E-state index >= 15 is 0 Å². The number of nitrogens with one attached hydrogen (secondary N) is 1. The molecule has 11 nitrogen and oxygen atoms in total. The first-order valence-electron chi connectivity index (χ1n) is 11.6. The van der Waals surface area contributed by atoms with Crippen LogP contribution in [0.1, 0.15) is 16.3 Å². The Labute approximate surface area is 218 Å². The second-order valence-corrected chi connectivity index (χ2v) is 8.24. The largest absolute Gasteiger partial charge is 0.497 e. The van der Waals surface area contributed by atoms with E-state index < -0.39 is 0 Å². The molecule has 3 aromatic heterocycles. The molecule has 3 heterocycles.